The van der Waals surface area contributed by atoms with Crippen LogP contribution in [0, 0.1) is 5.82 Å². The van der Waals surface area contributed by atoms with Gasteiger partial charge in [-0.1, -0.05) is 57.2 Å². The summed E-state index contributed by atoms with van der Waals surface area (Å²) in [6, 6.07) is 15.4. The normalized spacial score (nSPS) is 11.5. The zero-order valence-electron chi connectivity index (χ0n) is 10.5. The number of halogens is 1. The molecule has 1 heteroatoms. The summed E-state index contributed by atoms with van der Waals surface area (Å²) in [5, 5.41) is 0. The molecule has 88 valence electrons. The predicted octanol–water partition coefficient (Wildman–Crippen LogP) is 4.79. The zero-order valence-corrected chi connectivity index (χ0v) is 10.5. The molecule has 0 bridgehead atoms. The van der Waals surface area contributed by atoms with Crippen molar-refractivity contribution < 1.29 is 4.39 Å². The smallest absolute Gasteiger partial charge is 0.126 e. The van der Waals surface area contributed by atoms with E-state index in [9.17, 15) is 4.39 Å². The third-order valence-corrected chi connectivity index (χ3v) is 2.88. The lowest BCUT2D eigenvalue weighted by Crippen LogP contribution is -2.13. The largest absolute Gasteiger partial charge is 0.207 e. The first-order valence-corrected chi connectivity index (χ1v) is 5.84. The van der Waals surface area contributed by atoms with Gasteiger partial charge in [0.15, 0.2) is 0 Å². The molecule has 2 aromatic rings. The van der Waals surface area contributed by atoms with Gasteiger partial charge in [0, 0.05) is 0 Å². The van der Waals surface area contributed by atoms with Gasteiger partial charge in [0.25, 0.3) is 0 Å². The molecule has 0 radical (unpaired) electrons. The Kier molecular flexibility index (Phi) is 3.01. The molecule has 0 unspecified atom stereocenters. The van der Waals surface area contributed by atoms with Crippen molar-refractivity contribution in [1.82, 2.24) is 0 Å². The van der Waals surface area contributed by atoms with Gasteiger partial charge in [-0.2, -0.15) is 0 Å². The molecule has 0 aliphatic carbocycles. The fraction of sp³-hybridized carbons (Fsp3) is 0.250. The van der Waals surface area contributed by atoms with Crippen molar-refractivity contribution in [3.63, 3.8) is 0 Å². The van der Waals surface area contributed by atoms with Crippen molar-refractivity contribution in [1.29, 1.82) is 0 Å². The topological polar surface area (TPSA) is 0 Å². The summed E-state index contributed by atoms with van der Waals surface area (Å²) >= 11 is 0. The molecule has 0 aromatic heterocycles. The standard InChI is InChI=1S/C16H17F/c1-16(2,3)14-11-13(9-10-15(14)17)12-7-5-4-6-8-12/h4-11H,1-3H3. The van der Waals surface area contributed by atoms with E-state index in [1.807, 2.05) is 63.2 Å². The van der Waals surface area contributed by atoms with Crippen LogP contribution < -0.4 is 0 Å². The molecular weight excluding hydrogens is 211 g/mol. The number of rotatable bonds is 1. The molecule has 0 aliphatic heterocycles. The molecule has 0 amide bonds. The van der Waals surface area contributed by atoms with Crippen molar-refractivity contribution in [2.75, 3.05) is 0 Å². The van der Waals surface area contributed by atoms with Gasteiger partial charge in [0.1, 0.15) is 5.82 Å². The molecule has 0 N–H and O–H groups in total. The Morgan fingerprint density at radius 3 is 2.06 bits per heavy atom. The summed E-state index contributed by atoms with van der Waals surface area (Å²) in [4.78, 5) is 0. The lowest BCUT2D eigenvalue weighted by molar-refractivity contribution is 0.523. The first kappa shape index (κ1) is 11.8. The van der Waals surface area contributed by atoms with Gasteiger partial charge >= 0.3 is 0 Å². The number of hydrogen-bond acceptors (Lipinski definition) is 0. The van der Waals surface area contributed by atoms with Crippen molar-refractivity contribution in [2.45, 2.75) is 26.2 Å². The van der Waals surface area contributed by atoms with E-state index in [1.165, 1.54) is 0 Å². The van der Waals surface area contributed by atoms with Crippen LogP contribution in [0.5, 0.6) is 0 Å². The molecule has 0 heterocycles. The third-order valence-electron chi connectivity index (χ3n) is 2.88. The van der Waals surface area contributed by atoms with E-state index in [1.54, 1.807) is 6.07 Å². The molecule has 2 aromatic carbocycles. The molecule has 0 saturated heterocycles. The van der Waals surface area contributed by atoms with Crippen LogP contribution in [0.4, 0.5) is 4.39 Å². The van der Waals surface area contributed by atoms with Crippen molar-refractivity contribution in [3.8, 4) is 11.1 Å². The van der Waals surface area contributed by atoms with Crippen LogP contribution in [-0.2, 0) is 5.41 Å². The van der Waals surface area contributed by atoms with E-state index in [2.05, 4.69) is 0 Å². The summed E-state index contributed by atoms with van der Waals surface area (Å²) in [6.45, 7) is 6.08. The minimum atomic E-state index is -0.172. The lowest BCUT2D eigenvalue weighted by atomic mass is 9.85. The minimum Gasteiger partial charge on any atom is -0.207 e. The first-order chi connectivity index (χ1) is 7.98. The fourth-order valence-corrected chi connectivity index (χ4v) is 1.91. The van der Waals surface area contributed by atoms with Gasteiger partial charge in [-0.25, -0.2) is 4.39 Å². The van der Waals surface area contributed by atoms with Gasteiger partial charge in [-0.15, -0.1) is 0 Å². The highest BCUT2D eigenvalue weighted by Gasteiger charge is 2.18. The van der Waals surface area contributed by atoms with E-state index >= 15 is 0 Å². The van der Waals surface area contributed by atoms with E-state index in [-0.39, 0.29) is 11.2 Å². The van der Waals surface area contributed by atoms with E-state index in [0.29, 0.717) is 0 Å². The zero-order chi connectivity index (χ0) is 12.5. The second kappa shape index (κ2) is 4.33. The molecular formula is C16H17F. The molecule has 0 spiro atoms. The van der Waals surface area contributed by atoms with E-state index < -0.39 is 0 Å². The maximum Gasteiger partial charge on any atom is 0.126 e. The second-order valence-corrected chi connectivity index (χ2v) is 5.31. The van der Waals surface area contributed by atoms with Gasteiger partial charge in [0.05, 0.1) is 0 Å². The van der Waals surface area contributed by atoms with Crippen LogP contribution >= 0.6 is 0 Å². The Labute approximate surface area is 102 Å². The molecule has 2 rings (SSSR count). The van der Waals surface area contributed by atoms with Crippen LogP contribution in [0.3, 0.4) is 0 Å². The van der Waals surface area contributed by atoms with Crippen LogP contribution in [0.1, 0.15) is 26.3 Å². The monoisotopic (exact) mass is 228 g/mol. The van der Waals surface area contributed by atoms with Crippen LogP contribution in [0.15, 0.2) is 48.5 Å². The molecule has 0 atom stereocenters. The van der Waals surface area contributed by atoms with Crippen molar-refractivity contribution in [3.05, 3.63) is 59.9 Å². The Bertz CT molecular complexity index is 507. The Morgan fingerprint density at radius 1 is 0.824 bits per heavy atom. The summed E-state index contributed by atoms with van der Waals surface area (Å²) in [5.74, 6) is -0.128. The quantitative estimate of drug-likeness (QED) is 0.658. The summed E-state index contributed by atoms with van der Waals surface area (Å²) in [7, 11) is 0. The number of benzene rings is 2. The van der Waals surface area contributed by atoms with Crippen LogP contribution in [-0.4, -0.2) is 0 Å². The number of hydrogen-bond donors (Lipinski definition) is 0. The highest BCUT2D eigenvalue weighted by Crippen LogP contribution is 2.29. The van der Waals surface area contributed by atoms with Crippen molar-refractivity contribution in [2.24, 2.45) is 0 Å². The highest BCUT2D eigenvalue weighted by molar-refractivity contribution is 5.64. The Hall–Kier alpha value is -1.63. The molecule has 0 nitrogen and oxygen atoms in total. The Balaban J connectivity index is 2.53. The third kappa shape index (κ3) is 2.55. The van der Waals surface area contributed by atoms with Gasteiger partial charge < -0.3 is 0 Å². The average Bonchev–Trinajstić information content (AvgIpc) is 2.29. The predicted molar refractivity (Wildman–Crippen MR) is 70.5 cm³/mol. The van der Waals surface area contributed by atoms with Gasteiger partial charge in [-0.05, 0) is 34.2 Å². The lowest BCUT2D eigenvalue weighted by Gasteiger charge is -2.20. The van der Waals surface area contributed by atoms with Gasteiger partial charge in [0.2, 0.25) is 0 Å². The maximum absolute atomic E-state index is 13.8. The minimum absolute atomic E-state index is 0.128. The summed E-state index contributed by atoms with van der Waals surface area (Å²) < 4.78 is 13.8. The van der Waals surface area contributed by atoms with Crippen LogP contribution in [0.2, 0.25) is 0 Å². The van der Waals surface area contributed by atoms with Crippen molar-refractivity contribution >= 4 is 0 Å². The highest BCUT2D eigenvalue weighted by atomic mass is 19.1. The van der Waals surface area contributed by atoms with Gasteiger partial charge in [-0.3, -0.25) is 0 Å². The van der Waals surface area contributed by atoms with E-state index in [4.69, 9.17) is 0 Å². The Morgan fingerprint density at radius 2 is 1.47 bits per heavy atom. The fourth-order valence-electron chi connectivity index (χ4n) is 1.91. The average molecular weight is 228 g/mol. The van der Waals surface area contributed by atoms with E-state index in [0.717, 1.165) is 16.7 Å². The summed E-state index contributed by atoms with van der Waals surface area (Å²) in [6.07, 6.45) is 0. The molecule has 0 aliphatic rings. The molecule has 0 saturated carbocycles. The second-order valence-electron chi connectivity index (χ2n) is 5.31. The summed E-state index contributed by atoms with van der Waals surface area (Å²) in [5.41, 5.74) is 2.78. The molecule has 0 fully saturated rings. The SMILES string of the molecule is CC(C)(C)c1cc(-c2ccccc2)ccc1F. The maximum atomic E-state index is 13.8. The van der Waals surface area contributed by atoms with Crippen LogP contribution in [0.25, 0.3) is 11.1 Å². The first-order valence-electron chi connectivity index (χ1n) is 5.84. The molecule has 17 heavy (non-hydrogen) atoms.